The van der Waals surface area contributed by atoms with Crippen LogP contribution >= 0.6 is 24.0 Å². The molecule has 102 valence electrons. The molecule has 0 fully saturated rings. The first-order chi connectivity index (χ1) is 8.17. The molecule has 0 aliphatic heterocycles. The van der Waals surface area contributed by atoms with E-state index in [1.807, 2.05) is 0 Å². The van der Waals surface area contributed by atoms with Crippen LogP contribution in [0.2, 0.25) is 0 Å². The first kappa shape index (κ1) is 17.2. The van der Waals surface area contributed by atoms with Gasteiger partial charge in [0.25, 0.3) is 0 Å². The van der Waals surface area contributed by atoms with Gasteiger partial charge in [0.2, 0.25) is 0 Å². The molecule has 0 bridgehead atoms. The zero-order valence-electron chi connectivity index (χ0n) is 11.7. The smallest absolute Gasteiger partial charge is 0.191 e. The van der Waals surface area contributed by atoms with Gasteiger partial charge in [0, 0.05) is 13.1 Å². The lowest BCUT2D eigenvalue weighted by Crippen LogP contribution is -2.37. The van der Waals surface area contributed by atoms with E-state index in [4.69, 9.17) is 0 Å². The highest BCUT2D eigenvalue weighted by atomic mass is 127. The third-order valence-corrected chi connectivity index (χ3v) is 2.59. The Bertz CT molecular complexity index is 381. The summed E-state index contributed by atoms with van der Waals surface area (Å²) < 4.78 is 0. The van der Waals surface area contributed by atoms with Crippen LogP contribution in [0.15, 0.2) is 23.2 Å². The minimum absolute atomic E-state index is 0. The Balaban J connectivity index is 0.00000289. The molecule has 0 saturated carbocycles. The number of halogens is 1. The van der Waals surface area contributed by atoms with E-state index in [1.165, 1.54) is 16.7 Å². The number of nitrogens with one attached hydrogen (secondary N) is 2. The van der Waals surface area contributed by atoms with E-state index in [0.717, 1.165) is 25.6 Å². The van der Waals surface area contributed by atoms with E-state index in [1.54, 1.807) is 0 Å². The van der Waals surface area contributed by atoms with E-state index in [-0.39, 0.29) is 24.0 Å². The average molecular weight is 361 g/mol. The molecule has 1 aromatic carbocycles. The fraction of sp³-hybridized carbons (Fsp3) is 0.500. The van der Waals surface area contributed by atoms with Crippen LogP contribution in [0.4, 0.5) is 0 Å². The molecule has 0 heterocycles. The molecule has 2 N–H and O–H groups in total. The SMILES string of the molecule is CCNC(=NCc1ccc(C)cc1C)NCC.I. The second-order valence-electron chi connectivity index (χ2n) is 4.16. The maximum atomic E-state index is 4.56. The Morgan fingerprint density at radius 3 is 2.22 bits per heavy atom. The number of hydrogen-bond donors (Lipinski definition) is 2. The van der Waals surface area contributed by atoms with Crippen LogP contribution in [0, 0.1) is 13.8 Å². The molecule has 0 saturated heterocycles. The predicted octanol–water partition coefficient (Wildman–Crippen LogP) is 3.00. The van der Waals surface area contributed by atoms with Crippen molar-refractivity contribution < 1.29 is 0 Å². The van der Waals surface area contributed by atoms with Crippen LogP contribution in [-0.2, 0) is 6.54 Å². The van der Waals surface area contributed by atoms with Gasteiger partial charge in [0.15, 0.2) is 5.96 Å². The number of guanidine groups is 1. The molecule has 4 heteroatoms. The second kappa shape index (κ2) is 9.19. The number of nitrogens with zero attached hydrogens (tertiary/aromatic N) is 1. The molecular formula is C14H24IN3. The van der Waals surface area contributed by atoms with Crippen molar-refractivity contribution in [2.24, 2.45) is 4.99 Å². The number of hydrogen-bond acceptors (Lipinski definition) is 1. The quantitative estimate of drug-likeness (QED) is 0.492. The van der Waals surface area contributed by atoms with Crippen molar-refractivity contribution in [3.05, 3.63) is 34.9 Å². The van der Waals surface area contributed by atoms with Gasteiger partial charge in [-0.1, -0.05) is 23.8 Å². The zero-order valence-corrected chi connectivity index (χ0v) is 14.0. The van der Waals surface area contributed by atoms with E-state index in [9.17, 15) is 0 Å². The second-order valence-corrected chi connectivity index (χ2v) is 4.16. The summed E-state index contributed by atoms with van der Waals surface area (Å²) in [6.45, 7) is 10.9. The Kier molecular flexibility index (Phi) is 8.79. The molecule has 1 aromatic rings. The Morgan fingerprint density at radius 1 is 1.11 bits per heavy atom. The lowest BCUT2D eigenvalue weighted by Gasteiger charge is -2.10. The normalized spacial score (nSPS) is 9.33. The minimum atomic E-state index is 0. The number of rotatable bonds is 4. The van der Waals surface area contributed by atoms with Crippen molar-refractivity contribution in [1.29, 1.82) is 0 Å². The van der Waals surface area contributed by atoms with E-state index >= 15 is 0 Å². The highest BCUT2D eigenvalue weighted by molar-refractivity contribution is 14.0. The molecule has 0 atom stereocenters. The Hall–Kier alpha value is -0.780. The topological polar surface area (TPSA) is 36.4 Å². The van der Waals surface area contributed by atoms with Crippen molar-refractivity contribution in [3.8, 4) is 0 Å². The minimum Gasteiger partial charge on any atom is -0.357 e. The highest BCUT2D eigenvalue weighted by Gasteiger charge is 1.99. The summed E-state index contributed by atoms with van der Waals surface area (Å²) in [5.74, 6) is 0.884. The largest absolute Gasteiger partial charge is 0.357 e. The van der Waals surface area contributed by atoms with Crippen molar-refractivity contribution in [1.82, 2.24) is 10.6 Å². The monoisotopic (exact) mass is 361 g/mol. The maximum absolute atomic E-state index is 4.56. The molecule has 0 amide bonds. The van der Waals surface area contributed by atoms with Gasteiger partial charge in [0.05, 0.1) is 6.54 Å². The van der Waals surface area contributed by atoms with Gasteiger partial charge in [-0.3, -0.25) is 0 Å². The summed E-state index contributed by atoms with van der Waals surface area (Å²) in [6, 6.07) is 6.49. The van der Waals surface area contributed by atoms with E-state index in [0.29, 0.717) is 0 Å². The fourth-order valence-corrected chi connectivity index (χ4v) is 1.70. The van der Waals surface area contributed by atoms with Crippen molar-refractivity contribution in [2.75, 3.05) is 13.1 Å². The Labute approximate surface area is 127 Å². The number of aryl methyl sites for hydroxylation is 2. The molecule has 1 rings (SSSR count). The molecule has 3 nitrogen and oxygen atoms in total. The standard InChI is InChI=1S/C14H23N3.HI/c1-5-15-14(16-6-2)17-10-13-8-7-11(3)9-12(13)4;/h7-9H,5-6,10H2,1-4H3,(H2,15,16,17);1H. The molecule has 0 aliphatic carbocycles. The molecule has 0 unspecified atom stereocenters. The first-order valence-electron chi connectivity index (χ1n) is 6.25. The van der Waals surface area contributed by atoms with E-state index < -0.39 is 0 Å². The van der Waals surface area contributed by atoms with Crippen LogP contribution in [0.5, 0.6) is 0 Å². The van der Waals surface area contributed by atoms with Crippen LogP contribution < -0.4 is 10.6 Å². The van der Waals surface area contributed by atoms with Gasteiger partial charge >= 0.3 is 0 Å². The maximum Gasteiger partial charge on any atom is 0.191 e. The molecule has 0 spiro atoms. The molecule has 0 radical (unpaired) electrons. The van der Waals surface area contributed by atoms with Crippen LogP contribution in [0.1, 0.15) is 30.5 Å². The van der Waals surface area contributed by atoms with Crippen LogP contribution in [-0.4, -0.2) is 19.0 Å². The van der Waals surface area contributed by atoms with Crippen LogP contribution in [0.25, 0.3) is 0 Å². The van der Waals surface area contributed by atoms with Gasteiger partial charge in [-0.25, -0.2) is 4.99 Å². The average Bonchev–Trinajstić information content (AvgIpc) is 2.28. The number of benzene rings is 1. The van der Waals surface area contributed by atoms with Gasteiger partial charge in [-0.2, -0.15) is 0 Å². The lowest BCUT2D eigenvalue weighted by atomic mass is 10.1. The summed E-state index contributed by atoms with van der Waals surface area (Å²) in [7, 11) is 0. The lowest BCUT2D eigenvalue weighted by molar-refractivity contribution is 0.838. The van der Waals surface area contributed by atoms with Crippen LogP contribution in [0.3, 0.4) is 0 Å². The molecule has 0 aliphatic rings. The number of aliphatic imine (C=N–C) groups is 1. The highest BCUT2D eigenvalue weighted by Crippen LogP contribution is 2.11. The molecule has 0 aromatic heterocycles. The third kappa shape index (κ3) is 5.71. The van der Waals surface area contributed by atoms with Gasteiger partial charge in [-0.05, 0) is 38.8 Å². The Morgan fingerprint density at radius 2 is 1.72 bits per heavy atom. The van der Waals surface area contributed by atoms with Gasteiger partial charge in [-0.15, -0.1) is 24.0 Å². The summed E-state index contributed by atoms with van der Waals surface area (Å²) in [4.78, 5) is 4.56. The molecule has 18 heavy (non-hydrogen) atoms. The van der Waals surface area contributed by atoms with Gasteiger partial charge in [0.1, 0.15) is 0 Å². The first-order valence-corrected chi connectivity index (χ1v) is 6.25. The van der Waals surface area contributed by atoms with Gasteiger partial charge < -0.3 is 10.6 Å². The van der Waals surface area contributed by atoms with Crippen molar-refractivity contribution in [3.63, 3.8) is 0 Å². The summed E-state index contributed by atoms with van der Waals surface area (Å²) in [5, 5.41) is 6.45. The predicted molar refractivity (Wildman–Crippen MR) is 89.8 cm³/mol. The fourth-order valence-electron chi connectivity index (χ4n) is 1.70. The zero-order chi connectivity index (χ0) is 12.7. The third-order valence-electron chi connectivity index (χ3n) is 2.59. The summed E-state index contributed by atoms with van der Waals surface area (Å²) >= 11 is 0. The van der Waals surface area contributed by atoms with Crippen molar-refractivity contribution in [2.45, 2.75) is 34.2 Å². The molecular weight excluding hydrogens is 337 g/mol. The summed E-state index contributed by atoms with van der Waals surface area (Å²) in [5.41, 5.74) is 3.89. The summed E-state index contributed by atoms with van der Waals surface area (Å²) in [6.07, 6.45) is 0. The van der Waals surface area contributed by atoms with Crippen molar-refractivity contribution >= 4 is 29.9 Å². The van der Waals surface area contributed by atoms with E-state index in [2.05, 4.69) is 61.5 Å².